The molecule has 0 aliphatic rings. The minimum absolute atomic E-state index is 0.0218. The molecule has 162 valence electrons. The molecule has 1 amide bonds. The summed E-state index contributed by atoms with van der Waals surface area (Å²) in [5.41, 5.74) is -0.885. The number of tetrazole rings is 1. The summed E-state index contributed by atoms with van der Waals surface area (Å²) in [6, 6.07) is 9.06. The summed E-state index contributed by atoms with van der Waals surface area (Å²) in [5, 5.41) is 13.4. The summed E-state index contributed by atoms with van der Waals surface area (Å²) in [7, 11) is 1.49. The van der Waals surface area contributed by atoms with Gasteiger partial charge in [-0.2, -0.15) is 17.9 Å². The highest BCUT2D eigenvalue weighted by Crippen LogP contribution is 2.32. The highest BCUT2D eigenvalue weighted by atomic mass is 19.4. The predicted molar refractivity (Wildman–Crippen MR) is 103 cm³/mol. The zero-order valence-corrected chi connectivity index (χ0v) is 16.4. The van der Waals surface area contributed by atoms with Crippen LogP contribution in [0.2, 0.25) is 0 Å². The normalized spacial score (nSPS) is 12.0. The number of aryl methyl sites for hydroxylation is 1. The molecule has 2 aromatic carbocycles. The minimum atomic E-state index is -4.77. The molecule has 0 unspecified atom stereocenters. The van der Waals surface area contributed by atoms with Gasteiger partial charge in [0.05, 0.1) is 12.7 Å². The van der Waals surface area contributed by atoms with E-state index in [-0.39, 0.29) is 11.3 Å². The van der Waals surface area contributed by atoms with Crippen LogP contribution in [0.3, 0.4) is 0 Å². The van der Waals surface area contributed by atoms with Crippen LogP contribution < -0.4 is 10.1 Å². The van der Waals surface area contributed by atoms with Gasteiger partial charge in [0.25, 0.3) is 5.91 Å². The van der Waals surface area contributed by atoms with Crippen LogP contribution in [0, 0.1) is 12.7 Å². The third kappa shape index (κ3) is 5.24. The van der Waals surface area contributed by atoms with Crippen molar-refractivity contribution in [3.63, 3.8) is 0 Å². The van der Waals surface area contributed by atoms with Gasteiger partial charge in [-0.05, 0) is 58.8 Å². The number of benzene rings is 2. The van der Waals surface area contributed by atoms with E-state index >= 15 is 0 Å². The molecular formula is C20H17F4N5O2. The fourth-order valence-corrected chi connectivity index (χ4v) is 2.80. The molecule has 7 nitrogen and oxygen atoms in total. The lowest BCUT2D eigenvalue weighted by molar-refractivity contribution is -0.138. The molecule has 31 heavy (non-hydrogen) atoms. The number of hydrogen-bond acceptors (Lipinski definition) is 5. The third-order valence-corrected chi connectivity index (χ3v) is 4.30. The predicted octanol–water partition coefficient (Wildman–Crippen LogP) is 3.46. The molecule has 0 saturated heterocycles. The van der Waals surface area contributed by atoms with Gasteiger partial charge in [0, 0.05) is 6.54 Å². The zero-order chi connectivity index (χ0) is 22.6. The Labute approximate surface area is 174 Å². The molecule has 1 N–H and O–H groups in total. The lowest BCUT2D eigenvalue weighted by atomic mass is 10.1. The number of aromatic nitrogens is 4. The number of carbonyl (C=O) groups excluding carboxylic acids is 1. The number of ether oxygens (including phenoxy) is 1. The summed E-state index contributed by atoms with van der Waals surface area (Å²) in [4.78, 5) is 12.9. The Hall–Kier alpha value is -3.76. The quantitative estimate of drug-likeness (QED) is 0.474. The zero-order valence-electron chi connectivity index (χ0n) is 16.4. The lowest BCUT2D eigenvalue weighted by Crippen LogP contribution is -2.28. The van der Waals surface area contributed by atoms with Crippen LogP contribution >= 0.6 is 0 Å². The highest BCUT2D eigenvalue weighted by Gasteiger charge is 2.33. The van der Waals surface area contributed by atoms with E-state index in [4.69, 9.17) is 4.74 Å². The first-order chi connectivity index (χ1) is 14.7. The average molecular weight is 435 g/mol. The van der Waals surface area contributed by atoms with Crippen molar-refractivity contribution in [1.82, 2.24) is 25.5 Å². The Bertz CT molecular complexity index is 1120. The second kappa shape index (κ2) is 8.94. The second-order valence-corrected chi connectivity index (χ2v) is 6.43. The van der Waals surface area contributed by atoms with Crippen LogP contribution in [0.25, 0.3) is 11.8 Å². The summed E-state index contributed by atoms with van der Waals surface area (Å²) < 4.78 is 59.3. The van der Waals surface area contributed by atoms with Gasteiger partial charge in [0.2, 0.25) is 0 Å². The number of nitrogens with one attached hydrogen (secondary N) is 1. The first-order valence-corrected chi connectivity index (χ1v) is 8.94. The molecule has 0 fully saturated rings. The van der Waals surface area contributed by atoms with Gasteiger partial charge in [-0.1, -0.05) is 18.2 Å². The van der Waals surface area contributed by atoms with Gasteiger partial charge in [-0.3, -0.25) is 4.79 Å². The number of amides is 1. The van der Waals surface area contributed by atoms with E-state index in [1.54, 1.807) is 31.2 Å². The van der Waals surface area contributed by atoms with Crippen LogP contribution in [0.1, 0.15) is 22.5 Å². The number of carbonyl (C=O) groups is 1. The van der Waals surface area contributed by atoms with Crippen molar-refractivity contribution in [3.05, 3.63) is 70.8 Å². The molecule has 0 saturated carbocycles. The summed E-state index contributed by atoms with van der Waals surface area (Å²) in [6.45, 7) is 1.08. The van der Waals surface area contributed by atoms with Crippen LogP contribution in [0.4, 0.5) is 17.6 Å². The van der Waals surface area contributed by atoms with Gasteiger partial charge >= 0.3 is 6.18 Å². The van der Waals surface area contributed by atoms with Gasteiger partial charge < -0.3 is 10.1 Å². The summed E-state index contributed by atoms with van der Waals surface area (Å²) in [5.74, 6) is -0.911. The topological polar surface area (TPSA) is 81.9 Å². The largest absolute Gasteiger partial charge is 0.497 e. The lowest BCUT2D eigenvalue weighted by Gasteiger charge is -2.14. The van der Waals surface area contributed by atoms with Gasteiger partial charge in [0.1, 0.15) is 17.3 Å². The minimum Gasteiger partial charge on any atom is -0.497 e. The van der Waals surface area contributed by atoms with Crippen molar-refractivity contribution in [2.45, 2.75) is 19.6 Å². The summed E-state index contributed by atoms with van der Waals surface area (Å²) >= 11 is 0. The molecule has 1 heterocycles. The number of methoxy groups -OCH3 is 1. The number of halogens is 4. The maximum Gasteiger partial charge on any atom is 0.416 e. The van der Waals surface area contributed by atoms with Crippen molar-refractivity contribution in [1.29, 1.82) is 0 Å². The smallest absolute Gasteiger partial charge is 0.416 e. The van der Waals surface area contributed by atoms with Gasteiger partial charge in [-0.15, -0.1) is 5.10 Å². The third-order valence-electron chi connectivity index (χ3n) is 4.30. The monoisotopic (exact) mass is 435 g/mol. The maximum absolute atomic E-state index is 13.3. The Morgan fingerprint density at radius 2 is 2.00 bits per heavy atom. The van der Waals surface area contributed by atoms with Crippen molar-refractivity contribution in [2.75, 3.05) is 7.11 Å². The Morgan fingerprint density at radius 3 is 2.65 bits per heavy atom. The average Bonchev–Trinajstić information content (AvgIpc) is 3.15. The molecule has 0 spiro atoms. The van der Waals surface area contributed by atoms with Crippen molar-refractivity contribution < 1.29 is 27.1 Å². The Morgan fingerprint density at radius 1 is 1.23 bits per heavy atom. The van der Waals surface area contributed by atoms with E-state index in [1.165, 1.54) is 13.2 Å². The van der Waals surface area contributed by atoms with Crippen molar-refractivity contribution in [3.8, 4) is 5.75 Å². The van der Waals surface area contributed by atoms with Gasteiger partial charge in [-0.25, -0.2) is 4.39 Å². The van der Waals surface area contributed by atoms with E-state index in [9.17, 15) is 22.4 Å². The number of nitrogens with zero attached hydrogens (tertiary/aromatic N) is 4. The van der Waals surface area contributed by atoms with E-state index in [2.05, 4.69) is 20.8 Å². The Balaban J connectivity index is 1.92. The van der Waals surface area contributed by atoms with E-state index in [0.717, 1.165) is 16.8 Å². The van der Waals surface area contributed by atoms with Crippen LogP contribution in [0.5, 0.6) is 5.75 Å². The van der Waals surface area contributed by atoms with E-state index in [1.807, 2.05) is 0 Å². The molecule has 0 aliphatic heterocycles. The molecule has 3 rings (SSSR count). The molecule has 0 radical (unpaired) electrons. The van der Waals surface area contributed by atoms with Gasteiger partial charge in [0.15, 0.2) is 5.82 Å². The van der Waals surface area contributed by atoms with Crippen molar-refractivity contribution in [2.24, 2.45) is 0 Å². The fourth-order valence-electron chi connectivity index (χ4n) is 2.80. The first-order valence-electron chi connectivity index (χ1n) is 8.94. The second-order valence-electron chi connectivity index (χ2n) is 6.43. The standard InChI is InChI=1S/C20H17F4N5O2/c1-12-26-27-28-29(12)18(9-13-4-3-5-16(8-13)31-2)19(30)25-11-14-6-7-15(21)10-17(14)20(22,23)24/h3-10H,11H2,1-2H3,(H,25,30)/b18-9-. The number of hydrogen-bond donors (Lipinski definition) is 1. The SMILES string of the molecule is COc1cccc(/C=C(/C(=O)NCc2ccc(F)cc2C(F)(F)F)n2nnnc2C)c1. The molecule has 0 aliphatic carbocycles. The van der Waals surface area contributed by atoms with Crippen molar-refractivity contribution >= 4 is 17.7 Å². The Kier molecular flexibility index (Phi) is 6.33. The highest BCUT2D eigenvalue weighted by molar-refractivity contribution is 6.18. The molecule has 1 aromatic heterocycles. The molecule has 3 aromatic rings. The van der Waals surface area contributed by atoms with Crippen LogP contribution in [-0.4, -0.2) is 33.2 Å². The van der Waals surface area contributed by atoms with Crippen LogP contribution in [0.15, 0.2) is 42.5 Å². The molecule has 0 atom stereocenters. The molecule has 0 bridgehead atoms. The first kappa shape index (κ1) is 21.9. The number of alkyl halides is 3. The van der Waals surface area contributed by atoms with E-state index in [0.29, 0.717) is 23.2 Å². The fraction of sp³-hybridized carbons (Fsp3) is 0.200. The number of rotatable bonds is 6. The maximum atomic E-state index is 13.3. The van der Waals surface area contributed by atoms with E-state index < -0.39 is 30.0 Å². The van der Waals surface area contributed by atoms with Crippen LogP contribution in [-0.2, 0) is 17.5 Å². The molecule has 11 heteroatoms. The summed E-state index contributed by atoms with van der Waals surface area (Å²) in [6.07, 6.45) is -3.30. The molecular weight excluding hydrogens is 418 g/mol.